The SMILES string of the molecule is CC(C)(C)OC(=O)CC1CCC(NC(=O)c2cn(COCC[Si](C)(C)C)c3ncc(-c4nn(C5CCN(C(=O)OC(C)(C)C)CC5)c5cc(F)ccc45)nc23)C1.CC(C)(C)OC(=O)N1CCC(n2nc(-c3cnc4c(n3)c(C(=O)O)cn4COCC[Si](C)(C)C)c3ccc(F)cc32)CC1.CC(C)(C)OC(=O)NC1CCC(N)C1.Cl. The van der Waals surface area contributed by atoms with Crippen molar-refractivity contribution >= 4 is 109 Å². The van der Waals surface area contributed by atoms with Crippen molar-refractivity contribution in [3.05, 3.63) is 83.9 Å². The number of benzene rings is 2. The number of fused-ring (bicyclic) bond motifs is 4. The largest absolute Gasteiger partial charge is 0.478 e. The van der Waals surface area contributed by atoms with Gasteiger partial charge in [-0.05, 0) is 202 Å². The molecule has 2 saturated heterocycles. The minimum absolute atomic E-state index is 0. The zero-order chi connectivity index (χ0) is 82.4. The van der Waals surface area contributed by atoms with Crippen molar-refractivity contribution < 1.29 is 71.1 Å². The lowest BCUT2D eigenvalue weighted by Crippen LogP contribution is -2.42. The number of aromatic carboxylic acids is 1. The Balaban J connectivity index is 0.000000226. The molecule has 8 heterocycles. The van der Waals surface area contributed by atoms with Crippen molar-refractivity contribution in [1.82, 2.24) is 69.1 Å². The lowest BCUT2D eigenvalue weighted by atomic mass is 10.0. The number of ether oxygens (including phenoxy) is 6. The van der Waals surface area contributed by atoms with Crippen LogP contribution in [-0.4, -0.2) is 196 Å². The first kappa shape index (κ1) is 89.2. The number of carboxylic acid groups (broad SMARTS) is 1. The second-order valence-electron chi connectivity index (χ2n) is 36.7. The summed E-state index contributed by atoms with van der Waals surface area (Å²) in [4.78, 5) is 97.9. The van der Waals surface area contributed by atoms with Crippen LogP contribution in [0.3, 0.4) is 0 Å². The maximum atomic E-state index is 14.8. The van der Waals surface area contributed by atoms with Crippen molar-refractivity contribution in [1.29, 1.82) is 0 Å². The molecule has 2 saturated carbocycles. The Bertz CT molecular complexity index is 4720. The minimum Gasteiger partial charge on any atom is -0.478 e. The molecular formula is C81H118ClF2N15O13Si2. The number of hydrogen-bond donors (Lipinski definition) is 4. The summed E-state index contributed by atoms with van der Waals surface area (Å²) < 4.78 is 70.0. The van der Waals surface area contributed by atoms with E-state index in [0.29, 0.717) is 145 Å². The number of rotatable bonds is 20. The normalized spacial score (nSPS) is 18.1. The molecule has 4 aliphatic rings. The third-order valence-corrected chi connectivity index (χ3v) is 23.2. The summed E-state index contributed by atoms with van der Waals surface area (Å²) in [7, 11) is -2.59. The number of halogens is 3. The van der Waals surface area contributed by atoms with Gasteiger partial charge >= 0.3 is 30.2 Å². The predicted octanol–water partition coefficient (Wildman–Crippen LogP) is 16.1. The molecule has 6 aromatic heterocycles. The Morgan fingerprint density at radius 3 is 1.39 bits per heavy atom. The van der Waals surface area contributed by atoms with E-state index >= 15 is 0 Å². The van der Waals surface area contributed by atoms with E-state index in [1.807, 2.05) is 92.3 Å². The molecule has 5 N–H and O–H groups in total. The first-order valence-corrected chi connectivity index (χ1v) is 46.9. The van der Waals surface area contributed by atoms with Crippen molar-refractivity contribution in [3.8, 4) is 22.8 Å². The second kappa shape index (κ2) is 36.6. The van der Waals surface area contributed by atoms with Gasteiger partial charge in [-0.3, -0.25) is 19.0 Å². The van der Waals surface area contributed by atoms with Gasteiger partial charge in [0.1, 0.15) is 86.9 Å². The van der Waals surface area contributed by atoms with Gasteiger partial charge in [0.05, 0.1) is 41.1 Å². The highest BCUT2D eigenvalue weighted by Crippen LogP contribution is 2.38. The molecule has 12 rings (SSSR count). The standard InChI is InChI=1S/C41H58FN7O6Si.C30H39FN6O5Si.C10H20N2O2.ClH/c1-40(2,3)54-34(50)21-26-10-12-28(20-26)44-38(51)31-24-48(25-53-18-19-56(7,8)9)37-36(31)45-32(23-43-37)35-30-13-11-27(42)22-33(30)49(46-35)29-14-16-47(17-15-29)39(52)55-41(4,5)6;1-30(2,3)42-29(40)35-11-9-20(10-12-35)37-24-15-19(31)7-8-21(24)25(34-37)23-16-32-27-26(33-23)22(28(38)39)17-36(27)18-41-13-14-43(4,5)6;1-10(2,3)14-9(13)12-8-5-4-7(11)6-8;/h11,13,22-24,26,28-29H,10,12,14-21,25H2,1-9H3,(H,44,51);7-8,15-17,20H,9-14,18H2,1-6H3,(H,38,39);7-8H,4-6,11H2,1-3H3,(H,12,13);1H. The monoisotopic (exact) mass is 1640 g/mol. The number of likely N-dealkylation sites (tertiary alicyclic amines) is 2. The number of alkyl carbamates (subject to hydrolysis) is 1. The molecule has 2 aliphatic heterocycles. The quantitative estimate of drug-likeness (QED) is 0.0238. The number of nitrogens with one attached hydrogen (secondary N) is 2. The highest BCUT2D eigenvalue weighted by molar-refractivity contribution is 6.76. The number of carbonyl (C=O) groups excluding carboxylic acids is 5. The molecule has 4 unspecified atom stereocenters. The van der Waals surface area contributed by atoms with Gasteiger partial charge in [-0.1, -0.05) is 39.3 Å². The van der Waals surface area contributed by atoms with Gasteiger partial charge in [0.15, 0.2) is 11.3 Å². The number of esters is 1. The number of carbonyl (C=O) groups is 6. The Morgan fingerprint density at radius 1 is 0.553 bits per heavy atom. The molecule has 2 aliphatic carbocycles. The van der Waals surface area contributed by atoms with E-state index in [1.165, 1.54) is 30.5 Å². The van der Waals surface area contributed by atoms with Crippen molar-refractivity contribution in [2.24, 2.45) is 11.7 Å². The van der Waals surface area contributed by atoms with Crippen molar-refractivity contribution in [3.63, 3.8) is 0 Å². The van der Waals surface area contributed by atoms with E-state index in [2.05, 4.69) is 54.9 Å². The third kappa shape index (κ3) is 24.7. The van der Waals surface area contributed by atoms with Gasteiger partial charge in [0.25, 0.3) is 5.91 Å². The van der Waals surface area contributed by atoms with Gasteiger partial charge < -0.3 is 68.8 Å². The van der Waals surface area contributed by atoms with E-state index in [4.69, 9.17) is 59.3 Å². The molecule has 2 aromatic carbocycles. The third-order valence-electron chi connectivity index (χ3n) is 19.8. The number of piperidine rings is 2. The van der Waals surface area contributed by atoms with E-state index in [1.54, 1.807) is 49.8 Å². The van der Waals surface area contributed by atoms with E-state index in [0.717, 1.165) is 44.2 Å². The molecule has 4 atom stereocenters. The lowest BCUT2D eigenvalue weighted by Gasteiger charge is -2.33. The summed E-state index contributed by atoms with van der Waals surface area (Å²) in [5.41, 5.74) is 8.57. The number of amides is 4. The summed E-state index contributed by atoms with van der Waals surface area (Å²) in [5, 5.41) is 27.2. The summed E-state index contributed by atoms with van der Waals surface area (Å²) in [6, 6.07) is 11.2. The molecule has 33 heteroatoms. The van der Waals surface area contributed by atoms with Crippen LogP contribution in [0.25, 0.3) is 66.9 Å². The van der Waals surface area contributed by atoms with Gasteiger partial charge in [0.2, 0.25) is 0 Å². The molecule has 0 radical (unpaired) electrons. The maximum absolute atomic E-state index is 14.8. The zero-order valence-electron chi connectivity index (χ0n) is 69.5. The number of nitrogens with two attached hydrogens (primary N) is 1. The Hall–Kier alpha value is -8.70. The molecule has 8 aromatic rings. The van der Waals surface area contributed by atoms with E-state index in [9.17, 15) is 42.7 Å². The molecule has 114 heavy (non-hydrogen) atoms. The summed E-state index contributed by atoms with van der Waals surface area (Å²) in [6.45, 7) is 39.3. The van der Waals surface area contributed by atoms with Crippen LogP contribution in [0.5, 0.6) is 0 Å². The summed E-state index contributed by atoms with van der Waals surface area (Å²) >= 11 is 0. The predicted molar refractivity (Wildman–Crippen MR) is 441 cm³/mol. The molecule has 4 amide bonds. The molecule has 0 bridgehead atoms. The van der Waals surface area contributed by atoms with Gasteiger partial charge in [-0.15, -0.1) is 12.4 Å². The van der Waals surface area contributed by atoms with Gasteiger partial charge in [-0.25, -0.2) is 47.9 Å². The van der Waals surface area contributed by atoms with Crippen LogP contribution in [0, 0.1) is 17.6 Å². The first-order valence-electron chi connectivity index (χ1n) is 39.5. The van der Waals surface area contributed by atoms with Crippen LogP contribution in [-0.2, 0) is 46.7 Å². The maximum Gasteiger partial charge on any atom is 0.410 e. The average Bonchev–Trinajstić information content (AvgIpc) is 1.61. The zero-order valence-corrected chi connectivity index (χ0v) is 72.4. The fourth-order valence-electron chi connectivity index (χ4n) is 14.2. The summed E-state index contributed by atoms with van der Waals surface area (Å²) in [5.74, 6) is -2.28. The van der Waals surface area contributed by atoms with Crippen molar-refractivity contribution in [2.45, 2.75) is 271 Å². The van der Waals surface area contributed by atoms with Gasteiger partial charge in [-0.2, -0.15) is 10.2 Å². The molecular weight excluding hydrogens is 1520 g/mol. The molecule has 28 nitrogen and oxygen atoms in total. The average molecular weight is 1640 g/mol. The second-order valence-corrected chi connectivity index (χ2v) is 48.0. The minimum atomic E-state index is -1.32. The first-order chi connectivity index (χ1) is 52.8. The van der Waals surface area contributed by atoms with Crippen LogP contribution < -0.4 is 16.4 Å². The number of nitrogens with zero attached hydrogens (tertiary/aromatic N) is 12. The van der Waals surface area contributed by atoms with Gasteiger partial charge in [0, 0.05) is 103 Å². The molecule has 0 spiro atoms. The Morgan fingerprint density at radius 2 is 0.974 bits per heavy atom. The topological polar surface area (TPSA) is 332 Å². The molecule has 624 valence electrons. The van der Waals surface area contributed by atoms with E-state index < -0.39 is 50.3 Å². The van der Waals surface area contributed by atoms with Crippen LogP contribution in [0.15, 0.2) is 61.2 Å². The Labute approximate surface area is 674 Å². The number of aromatic nitrogens is 10. The van der Waals surface area contributed by atoms with Crippen LogP contribution in [0.2, 0.25) is 51.4 Å². The highest BCUT2D eigenvalue weighted by atomic mass is 35.5. The molecule has 4 fully saturated rings. The van der Waals surface area contributed by atoms with Crippen LogP contribution in [0.1, 0.15) is 187 Å². The smallest absolute Gasteiger partial charge is 0.410 e. The number of carboxylic acids is 1. The van der Waals surface area contributed by atoms with E-state index in [-0.39, 0.29) is 109 Å². The van der Waals surface area contributed by atoms with Crippen LogP contribution in [0.4, 0.5) is 23.2 Å². The highest BCUT2D eigenvalue weighted by Gasteiger charge is 2.36. The fourth-order valence-corrected chi connectivity index (χ4v) is 15.7. The Kier molecular flexibility index (Phi) is 28.7. The fraction of sp³-hybridized carbons (Fsp3) is 0.605. The summed E-state index contributed by atoms with van der Waals surface area (Å²) in [6.07, 6.45) is 13.2. The van der Waals surface area contributed by atoms with Crippen molar-refractivity contribution in [2.75, 3.05) is 39.4 Å². The number of hydrogen-bond acceptors (Lipinski definition) is 19. The van der Waals surface area contributed by atoms with Crippen LogP contribution >= 0.6 is 12.4 Å². The lowest BCUT2D eigenvalue weighted by molar-refractivity contribution is -0.155.